The number of hydrogen-bond acceptors (Lipinski definition) is 6. The van der Waals surface area contributed by atoms with E-state index in [1.165, 1.54) is 13.8 Å². The number of allylic oxidation sites excluding steroid dienone is 3. The molecule has 3 aliphatic rings. The molecule has 3 aliphatic carbocycles. The maximum atomic E-state index is 13.8. The second-order valence-corrected chi connectivity index (χ2v) is 11.8. The van der Waals surface area contributed by atoms with Crippen molar-refractivity contribution in [1.29, 1.82) is 0 Å². The summed E-state index contributed by atoms with van der Waals surface area (Å²) in [7, 11) is 0. The van der Waals surface area contributed by atoms with Crippen LogP contribution in [0.15, 0.2) is 23.3 Å². The van der Waals surface area contributed by atoms with Gasteiger partial charge in [-0.15, -0.1) is 0 Å². The molecule has 0 amide bonds. The number of carbonyl (C=O) groups excluding carboxylic acids is 3. The Balaban J connectivity index is 1.81. The molecule has 5 atom stereocenters. The maximum Gasteiger partial charge on any atom is 0.437 e. The first-order chi connectivity index (χ1) is 18.9. The monoisotopic (exact) mass is 596 g/mol. The highest BCUT2D eigenvalue weighted by molar-refractivity contribution is 5.67. The predicted octanol–water partition coefficient (Wildman–Crippen LogP) is 7.31. The van der Waals surface area contributed by atoms with Gasteiger partial charge in [-0.1, -0.05) is 30.2 Å². The SMILES string of the molecule is CC(=O)OC1CC(=C/C=C2\CCC[C@]3(C)C(CCC(OC(C)=O)(C(F)(F)F)C(F)(F)F)CCC23)C[C@@H](OC(C)=O)C1. The molecule has 3 rings (SSSR count). The summed E-state index contributed by atoms with van der Waals surface area (Å²) in [6, 6.07) is 0. The first-order valence-electron chi connectivity index (χ1n) is 13.9. The van der Waals surface area contributed by atoms with Gasteiger partial charge in [-0.3, -0.25) is 14.4 Å². The van der Waals surface area contributed by atoms with Crippen LogP contribution in [-0.4, -0.2) is 48.1 Å². The van der Waals surface area contributed by atoms with Gasteiger partial charge in [0.1, 0.15) is 12.2 Å². The molecule has 0 N–H and O–H groups in total. The molecule has 0 bridgehead atoms. The molecule has 6 nitrogen and oxygen atoms in total. The minimum Gasteiger partial charge on any atom is -0.462 e. The second-order valence-electron chi connectivity index (χ2n) is 11.8. The van der Waals surface area contributed by atoms with Crippen LogP contribution in [0.3, 0.4) is 0 Å². The van der Waals surface area contributed by atoms with Crippen LogP contribution >= 0.6 is 0 Å². The first-order valence-corrected chi connectivity index (χ1v) is 13.9. The minimum atomic E-state index is -5.81. The number of esters is 3. The maximum absolute atomic E-state index is 13.8. The first kappa shape index (κ1) is 33.0. The van der Waals surface area contributed by atoms with Crippen molar-refractivity contribution in [3.63, 3.8) is 0 Å². The summed E-state index contributed by atoms with van der Waals surface area (Å²) in [4.78, 5) is 34.4. The van der Waals surface area contributed by atoms with Crippen molar-refractivity contribution in [2.75, 3.05) is 0 Å². The number of fused-ring (bicyclic) bond motifs is 1. The zero-order chi connectivity index (χ0) is 30.8. The van der Waals surface area contributed by atoms with Gasteiger partial charge in [0.25, 0.3) is 0 Å². The lowest BCUT2D eigenvalue weighted by Gasteiger charge is -2.44. The molecule has 0 aromatic rings. The third-order valence-corrected chi connectivity index (χ3v) is 8.94. The van der Waals surface area contributed by atoms with Crippen molar-refractivity contribution >= 4 is 17.9 Å². The smallest absolute Gasteiger partial charge is 0.437 e. The van der Waals surface area contributed by atoms with Gasteiger partial charge in [-0.2, -0.15) is 26.3 Å². The average molecular weight is 597 g/mol. The van der Waals surface area contributed by atoms with Gasteiger partial charge in [0, 0.05) is 46.5 Å². The Bertz CT molecular complexity index is 1020. The fourth-order valence-corrected chi connectivity index (χ4v) is 7.19. The summed E-state index contributed by atoms with van der Waals surface area (Å²) in [6.45, 7) is 5.08. The predicted molar refractivity (Wildman–Crippen MR) is 135 cm³/mol. The molecule has 3 fully saturated rings. The lowest BCUT2D eigenvalue weighted by Crippen LogP contribution is -2.59. The number of alkyl halides is 6. The Kier molecular flexibility index (Phi) is 9.95. The van der Waals surface area contributed by atoms with Crippen molar-refractivity contribution < 1.29 is 54.9 Å². The molecule has 0 saturated heterocycles. The zero-order valence-electron chi connectivity index (χ0n) is 23.8. The van der Waals surface area contributed by atoms with Crippen LogP contribution in [-0.2, 0) is 28.6 Å². The van der Waals surface area contributed by atoms with Crippen LogP contribution in [0.2, 0.25) is 0 Å². The van der Waals surface area contributed by atoms with E-state index in [1.54, 1.807) is 0 Å². The highest BCUT2D eigenvalue weighted by Gasteiger charge is 2.73. The lowest BCUT2D eigenvalue weighted by atomic mass is 9.62. The topological polar surface area (TPSA) is 78.9 Å². The Morgan fingerprint density at radius 1 is 0.878 bits per heavy atom. The normalized spacial score (nSPS) is 31.1. The highest BCUT2D eigenvalue weighted by atomic mass is 19.4. The van der Waals surface area contributed by atoms with Gasteiger partial charge in [0.05, 0.1) is 0 Å². The van der Waals surface area contributed by atoms with Crippen molar-refractivity contribution in [3.8, 4) is 0 Å². The van der Waals surface area contributed by atoms with E-state index in [4.69, 9.17) is 9.47 Å². The summed E-state index contributed by atoms with van der Waals surface area (Å²) in [5.41, 5.74) is -3.06. The molecular weight excluding hydrogens is 558 g/mol. The highest BCUT2D eigenvalue weighted by Crippen LogP contribution is 2.60. The van der Waals surface area contributed by atoms with Crippen LogP contribution in [0.5, 0.6) is 0 Å². The number of halogens is 6. The Morgan fingerprint density at radius 2 is 1.44 bits per heavy atom. The molecule has 0 aromatic heterocycles. The molecule has 3 unspecified atom stereocenters. The quantitative estimate of drug-likeness (QED) is 0.174. The average Bonchev–Trinajstić information content (AvgIpc) is 3.14. The zero-order valence-corrected chi connectivity index (χ0v) is 23.8. The van der Waals surface area contributed by atoms with Gasteiger partial charge in [-0.05, 0) is 55.8 Å². The van der Waals surface area contributed by atoms with Crippen molar-refractivity contribution in [3.05, 3.63) is 23.3 Å². The van der Waals surface area contributed by atoms with E-state index >= 15 is 0 Å². The van der Waals surface area contributed by atoms with Crippen molar-refractivity contribution in [1.82, 2.24) is 0 Å². The Hall–Kier alpha value is -2.53. The number of ether oxygens (including phenoxy) is 3. The van der Waals surface area contributed by atoms with E-state index in [1.807, 2.05) is 19.1 Å². The second kappa shape index (κ2) is 12.4. The van der Waals surface area contributed by atoms with Crippen molar-refractivity contribution in [2.24, 2.45) is 17.3 Å². The molecule has 0 heterocycles. The van der Waals surface area contributed by atoms with E-state index < -0.39 is 65.8 Å². The van der Waals surface area contributed by atoms with E-state index in [9.17, 15) is 40.7 Å². The standard InChI is InChI=1S/C29H38F6O6/c1-17(36)39-23-14-20(15-24(16-23)40-18(2)37)7-8-21-6-5-12-26(4)22(9-10-25(21)26)11-13-27(28(30,31)32,29(33,34)35)41-19(3)38/h7-8,22-25H,5-6,9-16H2,1-4H3/b20-7?,21-8+/t22?,23-,24?,25?,26-/m1/s1. The van der Waals surface area contributed by atoms with Crippen molar-refractivity contribution in [2.45, 2.75) is 122 Å². The molecule has 0 radical (unpaired) electrons. The molecule has 0 aromatic carbocycles. The molecule has 12 heteroatoms. The number of hydrogen-bond donors (Lipinski definition) is 0. The summed E-state index contributed by atoms with van der Waals surface area (Å²) in [5, 5.41) is 0. The van der Waals surface area contributed by atoms with Gasteiger partial charge >= 0.3 is 35.9 Å². The molecule has 3 saturated carbocycles. The van der Waals surface area contributed by atoms with Crippen LogP contribution in [0.4, 0.5) is 26.3 Å². The molecule has 0 spiro atoms. The largest absolute Gasteiger partial charge is 0.462 e. The van der Waals surface area contributed by atoms with E-state index in [2.05, 4.69) is 4.74 Å². The van der Waals surface area contributed by atoms with Crippen LogP contribution < -0.4 is 0 Å². The summed E-state index contributed by atoms with van der Waals surface area (Å²) in [5.74, 6) is -2.95. The van der Waals surface area contributed by atoms with E-state index in [0.29, 0.717) is 45.4 Å². The minimum absolute atomic E-state index is 0.0184. The summed E-state index contributed by atoms with van der Waals surface area (Å²) >= 11 is 0. The molecular formula is C29H38F6O6. The molecule has 232 valence electrons. The lowest BCUT2D eigenvalue weighted by molar-refractivity contribution is -0.372. The van der Waals surface area contributed by atoms with Gasteiger partial charge in [0.2, 0.25) is 0 Å². The molecule has 0 aliphatic heterocycles. The Labute approximate surface area is 235 Å². The fraction of sp³-hybridized carbons (Fsp3) is 0.759. The summed E-state index contributed by atoms with van der Waals surface area (Å²) < 4.78 is 97.6. The van der Waals surface area contributed by atoms with E-state index in [-0.39, 0.29) is 12.3 Å². The number of rotatable bonds is 7. The van der Waals surface area contributed by atoms with Gasteiger partial charge in [-0.25, -0.2) is 0 Å². The van der Waals surface area contributed by atoms with Crippen LogP contribution in [0.1, 0.15) is 91.9 Å². The fourth-order valence-electron chi connectivity index (χ4n) is 7.19. The molecule has 41 heavy (non-hydrogen) atoms. The number of carbonyl (C=O) groups is 3. The third-order valence-electron chi connectivity index (χ3n) is 8.94. The van der Waals surface area contributed by atoms with Crippen LogP contribution in [0, 0.1) is 17.3 Å². The van der Waals surface area contributed by atoms with E-state index in [0.717, 1.165) is 24.0 Å². The summed E-state index contributed by atoms with van der Waals surface area (Å²) in [6.07, 6.45) is -5.83. The van der Waals surface area contributed by atoms with Gasteiger partial charge in [0.15, 0.2) is 0 Å². The van der Waals surface area contributed by atoms with Gasteiger partial charge < -0.3 is 14.2 Å². The van der Waals surface area contributed by atoms with Crippen LogP contribution in [0.25, 0.3) is 0 Å². The Morgan fingerprint density at radius 3 is 1.93 bits per heavy atom. The third kappa shape index (κ3) is 7.46.